The van der Waals surface area contributed by atoms with E-state index in [4.69, 9.17) is 5.11 Å². The Morgan fingerprint density at radius 3 is 1.75 bits per heavy atom. The van der Waals surface area contributed by atoms with Gasteiger partial charge in [0, 0.05) is 0 Å². The molecule has 0 heterocycles. The zero-order chi connectivity index (χ0) is 2.71. The second-order valence-corrected chi connectivity index (χ2v) is 0.274. The molecule has 0 radical (unpaired) electrons. The standard InChI is InChI=1S/CHOS.Cs/c2-1-3;/h(H,2,3);/q-1;+1. The van der Waals surface area contributed by atoms with Crippen molar-refractivity contribution in [1.29, 1.82) is 0 Å². The Hall–Kier alpha value is 1.94. The summed E-state index contributed by atoms with van der Waals surface area (Å²) in [5.41, 5.74) is 1.33. The summed E-state index contributed by atoms with van der Waals surface area (Å²) in [7, 11) is 0. The molecule has 0 spiro atoms. The second kappa shape index (κ2) is 8.87. The molecule has 0 amide bonds. The molecular weight excluding hydrogens is 193 g/mol. The van der Waals surface area contributed by atoms with Crippen molar-refractivity contribution in [3.8, 4) is 0 Å². The molecule has 3 heteroatoms. The first-order chi connectivity index (χ1) is 1.41. The molecule has 0 atom stereocenters. The molecule has 0 aliphatic carbocycles. The molecule has 0 saturated heterocycles. The Morgan fingerprint density at radius 1 is 1.75 bits per heavy atom. The van der Waals surface area contributed by atoms with E-state index in [1.807, 2.05) is 0 Å². The fourth-order valence-corrected chi connectivity index (χ4v) is 0. The summed E-state index contributed by atoms with van der Waals surface area (Å²) in [6, 6.07) is 0. The van der Waals surface area contributed by atoms with E-state index in [-0.39, 0.29) is 68.9 Å². The van der Waals surface area contributed by atoms with E-state index in [0.29, 0.717) is 0 Å². The minimum Gasteiger partial charge on any atom is -0.694 e. The summed E-state index contributed by atoms with van der Waals surface area (Å²) in [4.78, 5) is 0. The zero-order valence-corrected chi connectivity index (χ0v) is 9.45. The van der Waals surface area contributed by atoms with E-state index in [0.717, 1.165) is 0 Å². The van der Waals surface area contributed by atoms with Crippen LogP contribution in [0.2, 0.25) is 0 Å². The molecule has 0 fully saturated rings. The molecule has 0 rings (SSSR count). The van der Waals surface area contributed by atoms with Crippen molar-refractivity contribution < 1.29 is 74.0 Å². The van der Waals surface area contributed by atoms with Gasteiger partial charge in [0.25, 0.3) is 0 Å². The van der Waals surface area contributed by atoms with Gasteiger partial charge in [0.2, 0.25) is 0 Å². The molecule has 0 bridgehead atoms. The summed E-state index contributed by atoms with van der Waals surface area (Å²) in [5, 5.41) is 7.13. The van der Waals surface area contributed by atoms with Crippen LogP contribution in [0.1, 0.15) is 0 Å². The van der Waals surface area contributed by atoms with Gasteiger partial charge in [-0.25, -0.2) is 5.55 Å². The normalized spacial score (nSPS) is 3.00. The van der Waals surface area contributed by atoms with Gasteiger partial charge in [-0.15, -0.1) is 0 Å². The van der Waals surface area contributed by atoms with Crippen LogP contribution in [-0.2, 0) is 0 Å². The minimum atomic E-state index is 0. The van der Waals surface area contributed by atoms with E-state index in [9.17, 15) is 0 Å². The predicted octanol–water partition coefficient (Wildman–Crippen LogP) is -2.62. The molecule has 0 aromatic carbocycles. The first-order valence-electron chi connectivity index (χ1n) is 0.428. The van der Waals surface area contributed by atoms with Crippen LogP contribution < -0.4 is 68.9 Å². The van der Waals surface area contributed by atoms with Crippen LogP contribution in [0, 0.1) is 0 Å². The first kappa shape index (κ1) is 9.34. The van der Waals surface area contributed by atoms with E-state index in [1.165, 1.54) is 5.55 Å². The smallest absolute Gasteiger partial charge is 0.694 e. The van der Waals surface area contributed by atoms with Crippen LogP contribution in [0.25, 0.3) is 0 Å². The third-order valence-corrected chi connectivity index (χ3v) is 0. The summed E-state index contributed by atoms with van der Waals surface area (Å²) in [6.07, 6.45) is 0. The van der Waals surface area contributed by atoms with Crippen LogP contribution in [0.15, 0.2) is 0 Å². The zero-order valence-electron chi connectivity index (χ0n) is 2.36. The van der Waals surface area contributed by atoms with Gasteiger partial charge < -0.3 is 17.3 Å². The van der Waals surface area contributed by atoms with Crippen molar-refractivity contribution in [3.05, 3.63) is 0 Å². The van der Waals surface area contributed by atoms with Crippen molar-refractivity contribution in [2.75, 3.05) is 0 Å². The number of hydrogen-bond donors (Lipinski definition) is 1. The maximum Gasteiger partial charge on any atom is 1.00 e. The van der Waals surface area contributed by atoms with Crippen molar-refractivity contribution in [3.63, 3.8) is 0 Å². The third kappa shape index (κ3) is 9.05. The largest absolute Gasteiger partial charge is 1.00 e. The maximum absolute atomic E-state index is 7.13. The van der Waals surface area contributed by atoms with Gasteiger partial charge >= 0.3 is 68.9 Å². The maximum atomic E-state index is 7.13. The molecule has 0 saturated carbocycles. The SMILES string of the molecule is O[C-]=S.[Cs+]. The molecular formula is CHCsOS. The fourth-order valence-electron chi connectivity index (χ4n) is 0. The van der Waals surface area contributed by atoms with Crippen molar-refractivity contribution in [2.24, 2.45) is 0 Å². The molecule has 1 nitrogen and oxygen atoms in total. The summed E-state index contributed by atoms with van der Waals surface area (Å²) in [6.45, 7) is 0. The molecule has 0 aromatic rings. The Bertz CT molecular complexity index is 15.5. The van der Waals surface area contributed by atoms with Gasteiger partial charge in [-0.2, -0.15) is 0 Å². The number of hydrogen-bond acceptors (Lipinski definition) is 1. The van der Waals surface area contributed by atoms with Gasteiger partial charge in [0.1, 0.15) is 0 Å². The van der Waals surface area contributed by atoms with Crippen molar-refractivity contribution in [2.45, 2.75) is 0 Å². The van der Waals surface area contributed by atoms with E-state index >= 15 is 0 Å². The van der Waals surface area contributed by atoms with Crippen LogP contribution in [-0.4, -0.2) is 10.7 Å². The van der Waals surface area contributed by atoms with Crippen molar-refractivity contribution >= 4 is 17.8 Å². The number of rotatable bonds is 0. The third-order valence-electron chi connectivity index (χ3n) is 0. The molecule has 1 N–H and O–H groups in total. The van der Waals surface area contributed by atoms with E-state index < -0.39 is 0 Å². The summed E-state index contributed by atoms with van der Waals surface area (Å²) >= 11 is 3.70. The Balaban J connectivity index is 0. The minimum absolute atomic E-state index is 0. The molecule has 0 aliphatic rings. The average Bonchev–Trinajstić information content (AvgIpc) is 0.918. The number of aliphatic hydroxyl groups is 1. The molecule has 18 valence electrons. The molecule has 4 heavy (non-hydrogen) atoms. The first-order valence-corrected chi connectivity index (χ1v) is 0.836. The van der Waals surface area contributed by atoms with Gasteiger partial charge in [-0.3, -0.25) is 0 Å². The number of thiocarbonyl (C=S) groups is 1. The van der Waals surface area contributed by atoms with Gasteiger partial charge in [0.15, 0.2) is 0 Å². The quantitative estimate of drug-likeness (QED) is 0.336. The van der Waals surface area contributed by atoms with Crippen LogP contribution in [0.3, 0.4) is 0 Å². The molecule has 0 aliphatic heterocycles. The van der Waals surface area contributed by atoms with Crippen LogP contribution in [0.5, 0.6) is 0 Å². The Kier molecular flexibility index (Phi) is 20.7. The predicted molar refractivity (Wildman–Crippen MR) is 15.2 cm³/mol. The Morgan fingerprint density at radius 2 is 1.75 bits per heavy atom. The van der Waals surface area contributed by atoms with E-state index in [1.54, 1.807) is 0 Å². The van der Waals surface area contributed by atoms with Gasteiger partial charge in [-0.05, 0) is 0 Å². The fraction of sp³-hybridized carbons (Fsp3) is 0. The Labute approximate surface area is 89.2 Å². The topological polar surface area (TPSA) is 20.2 Å². The monoisotopic (exact) mass is 194 g/mol. The number of aliphatic hydroxyl groups excluding tert-OH is 1. The molecule has 0 unspecified atom stereocenters. The summed E-state index contributed by atoms with van der Waals surface area (Å²) in [5.74, 6) is 0. The van der Waals surface area contributed by atoms with E-state index in [2.05, 4.69) is 12.2 Å². The van der Waals surface area contributed by atoms with Gasteiger partial charge in [-0.1, -0.05) is 0 Å². The molecule has 0 aromatic heterocycles. The van der Waals surface area contributed by atoms with Crippen LogP contribution in [0.4, 0.5) is 0 Å². The van der Waals surface area contributed by atoms with Crippen molar-refractivity contribution in [1.82, 2.24) is 0 Å². The van der Waals surface area contributed by atoms with Crippen LogP contribution >= 0.6 is 12.2 Å². The second-order valence-electron chi connectivity index (χ2n) is 0.0913. The average molecular weight is 194 g/mol. The van der Waals surface area contributed by atoms with Gasteiger partial charge in [0.05, 0.1) is 0 Å². The summed E-state index contributed by atoms with van der Waals surface area (Å²) < 4.78 is 0.